The number of thiophene rings is 1. The number of rotatable bonds is 1. The molecule has 0 amide bonds. The third-order valence-corrected chi connectivity index (χ3v) is 4.26. The molecule has 1 saturated heterocycles. The summed E-state index contributed by atoms with van der Waals surface area (Å²) in [5.41, 5.74) is 1.43. The van der Waals surface area contributed by atoms with Gasteiger partial charge in [-0.3, -0.25) is 0 Å². The second-order valence-corrected chi connectivity index (χ2v) is 4.83. The van der Waals surface area contributed by atoms with Crippen molar-refractivity contribution in [3.63, 3.8) is 0 Å². The summed E-state index contributed by atoms with van der Waals surface area (Å²) in [7, 11) is 0. The van der Waals surface area contributed by atoms with Gasteiger partial charge in [0.05, 0.1) is 5.37 Å². The normalized spacial score (nSPS) is 24.3. The molecule has 0 radical (unpaired) electrons. The summed E-state index contributed by atoms with van der Waals surface area (Å²) >= 11 is 3.88. The van der Waals surface area contributed by atoms with Crippen LogP contribution in [0.25, 0.3) is 0 Å². The number of hydrogen-bond acceptors (Lipinski definition) is 3. The lowest BCUT2D eigenvalue weighted by Gasteiger charge is -2.07. The molecule has 0 spiro atoms. The van der Waals surface area contributed by atoms with Gasteiger partial charge in [0.15, 0.2) is 0 Å². The Balaban J connectivity index is 2.21. The van der Waals surface area contributed by atoms with Crippen LogP contribution in [-0.4, -0.2) is 12.3 Å². The van der Waals surface area contributed by atoms with Crippen LogP contribution < -0.4 is 5.32 Å². The van der Waals surface area contributed by atoms with Crippen molar-refractivity contribution >= 4 is 23.1 Å². The Morgan fingerprint density at radius 1 is 1.64 bits per heavy atom. The molecule has 11 heavy (non-hydrogen) atoms. The average Bonchev–Trinajstić information content (AvgIpc) is 2.55. The number of aryl methyl sites for hydroxylation is 1. The molecule has 3 heteroatoms. The highest BCUT2D eigenvalue weighted by molar-refractivity contribution is 7.99. The highest BCUT2D eigenvalue weighted by Gasteiger charge is 2.18. The van der Waals surface area contributed by atoms with E-state index in [1.165, 1.54) is 16.2 Å². The van der Waals surface area contributed by atoms with Crippen LogP contribution in [0.15, 0.2) is 11.4 Å². The van der Waals surface area contributed by atoms with E-state index in [1.807, 2.05) is 23.1 Å². The first kappa shape index (κ1) is 7.65. The first-order chi connectivity index (χ1) is 5.38. The molecule has 1 aliphatic heterocycles. The predicted octanol–water partition coefficient (Wildman–Crippen LogP) is 2.39. The average molecular weight is 185 g/mol. The summed E-state index contributed by atoms with van der Waals surface area (Å²) in [5.74, 6) is 1.25. The Morgan fingerprint density at radius 2 is 2.55 bits per heavy atom. The fourth-order valence-corrected chi connectivity index (χ4v) is 3.54. The topological polar surface area (TPSA) is 12.0 Å². The molecule has 1 fully saturated rings. The third-order valence-electron chi connectivity index (χ3n) is 1.86. The Hall–Kier alpha value is 0.01000. The van der Waals surface area contributed by atoms with Crippen molar-refractivity contribution in [1.29, 1.82) is 0 Å². The molecule has 1 atom stereocenters. The van der Waals surface area contributed by atoms with Crippen LogP contribution in [0.1, 0.15) is 15.8 Å². The van der Waals surface area contributed by atoms with E-state index in [2.05, 4.69) is 23.7 Å². The van der Waals surface area contributed by atoms with E-state index in [1.54, 1.807) is 0 Å². The molecule has 2 heterocycles. The van der Waals surface area contributed by atoms with Crippen LogP contribution in [0.5, 0.6) is 0 Å². The fraction of sp³-hybridized carbons (Fsp3) is 0.500. The standard InChI is InChI=1S/C8H11NS2/c1-6-2-4-10-7(6)8-9-3-5-11-8/h2,4,8-9H,3,5H2,1H3/t8-/m1/s1. The number of thioether (sulfide) groups is 1. The third kappa shape index (κ3) is 1.45. The zero-order valence-electron chi connectivity index (χ0n) is 6.46. The minimum absolute atomic E-state index is 0.579. The maximum atomic E-state index is 3.47. The van der Waals surface area contributed by atoms with Gasteiger partial charge in [0, 0.05) is 17.2 Å². The summed E-state index contributed by atoms with van der Waals surface area (Å²) in [6.45, 7) is 3.35. The number of nitrogens with one attached hydrogen (secondary N) is 1. The van der Waals surface area contributed by atoms with Gasteiger partial charge in [0.2, 0.25) is 0 Å². The van der Waals surface area contributed by atoms with Gasteiger partial charge in [-0.25, -0.2) is 0 Å². The Bertz CT molecular complexity index is 238. The highest BCUT2D eigenvalue weighted by atomic mass is 32.2. The van der Waals surface area contributed by atoms with E-state index in [-0.39, 0.29) is 0 Å². The SMILES string of the molecule is Cc1ccsc1[C@@H]1NCCS1. The van der Waals surface area contributed by atoms with Gasteiger partial charge in [0.1, 0.15) is 0 Å². The Morgan fingerprint density at radius 3 is 3.09 bits per heavy atom. The van der Waals surface area contributed by atoms with E-state index in [0.717, 1.165) is 6.54 Å². The molecule has 0 saturated carbocycles. The van der Waals surface area contributed by atoms with Crippen molar-refractivity contribution in [3.05, 3.63) is 21.9 Å². The second kappa shape index (κ2) is 3.17. The van der Waals surface area contributed by atoms with Crippen LogP contribution in [0.3, 0.4) is 0 Å². The van der Waals surface area contributed by atoms with Crippen LogP contribution in [0.2, 0.25) is 0 Å². The van der Waals surface area contributed by atoms with Gasteiger partial charge >= 0.3 is 0 Å². The lowest BCUT2D eigenvalue weighted by molar-refractivity contribution is 0.758. The molecule has 1 aliphatic rings. The fourth-order valence-electron chi connectivity index (χ4n) is 1.25. The number of hydrogen-bond donors (Lipinski definition) is 1. The van der Waals surface area contributed by atoms with Crippen LogP contribution in [-0.2, 0) is 0 Å². The smallest absolute Gasteiger partial charge is 0.0886 e. The summed E-state index contributed by atoms with van der Waals surface area (Å²) in [5, 5.41) is 6.22. The van der Waals surface area contributed by atoms with E-state index < -0.39 is 0 Å². The van der Waals surface area contributed by atoms with Crippen molar-refractivity contribution in [2.45, 2.75) is 12.3 Å². The van der Waals surface area contributed by atoms with Crippen molar-refractivity contribution in [2.24, 2.45) is 0 Å². The van der Waals surface area contributed by atoms with Crippen molar-refractivity contribution in [1.82, 2.24) is 5.32 Å². The van der Waals surface area contributed by atoms with E-state index in [0.29, 0.717) is 5.37 Å². The summed E-state index contributed by atoms with van der Waals surface area (Å²) in [6, 6.07) is 2.19. The Kier molecular flexibility index (Phi) is 2.20. The Labute approximate surface area is 75.2 Å². The molecule has 0 bridgehead atoms. The van der Waals surface area contributed by atoms with E-state index in [4.69, 9.17) is 0 Å². The molecular formula is C8H11NS2. The molecule has 0 aliphatic carbocycles. The molecular weight excluding hydrogens is 174 g/mol. The van der Waals surface area contributed by atoms with Crippen molar-refractivity contribution in [3.8, 4) is 0 Å². The summed E-state index contributed by atoms with van der Waals surface area (Å²) in [6.07, 6.45) is 0. The molecule has 1 aromatic rings. The molecule has 1 N–H and O–H groups in total. The van der Waals surface area contributed by atoms with Gasteiger partial charge in [-0.05, 0) is 23.9 Å². The zero-order chi connectivity index (χ0) is 7.68. The molecule has 0 aromatic carbocycles. The highest BCUT2D eigenvalue weighted by Crippen LogP contribution is 2.34. The quantitative estimate of drug-likeness (QED) is 0.721. The van der Waals surface area contributed by atoms with Crippen LogP contribution in [0.4, 0.5) is 0 Å². The second-order valence-electron chi connectivity index (χ2n) is 2.67. The minimum Gasteiger partial charge on any atom is -0.300 e. The minimum atomic E-state index is 0.579. The largest absolute Gasteiger partial charge is 0.300 e. The van der Waals surface area contributed by atoms with Crippen molar-refractivity contribution in [2.75, 3.05) is 12.3 Å². The first-order valence-corrected chi connectivity index (χ1v) is 5.70. The molecule has 0 unspecified atom stereocenters. The molecule has 60 valence electrons. The maximum Gasteiger partial charge on any atom is 0.0886 e. The molecule has 1 aromatic heterocycles. The van der Waals surface area contributed by atoms with Gasteiger partial charge < -0.3 is 5.32 Å². The first-order valence-electron chi connectivity index (χ1n) is 3.77. The summed E-state index contributed by atoms with van der Waals surface area (Å²) in [4.78, 5) is 1.51. The monoisotopic (exact) mass is 185 g/mol. The maximum absolute atomic E-state index is 3.47. The zero-order valence-corrected chi connectivity index (χ0v) is 8.10. The molecule has 1 nitrogen and oxygen atoms in total. The predicted molar refractivity (Wildman–Crippen MR) is 52.3 cm³/mol. The van der Waals surface area contributed by atoms with Gasteiger partial charge in [0.25, 0.3) is 0 Å². The van der Waals surface area contributed by atoms with Crippen LogP contribution in [0, 0.1) is 6.92 Å². The van der Waals surface area contributed by atoms with Gasteiger partial charge in [-0.15, -0.1) is 23.1 Å². The van der Waals surface area contributed by atoms with E-state index in [9.17, 15) is 0 Å². The van der Waals surface area contributed by atoms with E-state index >= 15 is 0 Å². The molecule has 2 rings (SSSR count). The van der Waals surface area contributed by atoms with Crippen molar-refractivity contribution < 1.29 is 0 Å². The van der Waals surface area contributed by atoms with Crippen LogP contribution >= 0.6 is 23.1 Å². The lowest BCUT2D eigenvalue weighted by Crippen LogP contribution is -2.11. The van der Waals surface area contributed by atoms with Gasteiger partial charge in [-0.1, -0.05) is 0 Å². The summed E-state index contributed by atoms with van der Waals surface area (Å²) < 4.78 is 0. The lowest BCUT2D eigenvalue weighted by atomic mass is 10.3. The van der Waals surface area contributed by atoms with Gasteiger partial charge in [-0.2, -0.15) is 0 Å².